The van der Waals surface area contributed by atoms with E-state index in [1.54, 1.807) is 11.8 Å². The standard InChI is InChI=1S/C17H17F2NOS/c1-2-20(13-8-9-15(18)16(19)12-13)17(21)10-11-22-14-6-4-3-5-7-14/h3-9,12H,2,10-11H2,1H3. The molecule has 0 aliphatic carbocycles. The number of amides is 1. The van der Waals surface area contributed by atoms with E-state index in [1.165, 1.54) is 11.0 Å². The predicted octanol–water partition coefficient (Wildman–Crippen LogP) is 4.50. The number of thioether (sulfide) groups is 1. The van der Waals surface area contributed by atoms with Crippen LogP contribution in [-0.4, -0.2) is 18.2 Å². The van der Waals surface area contributed by atoms with E-state index in [1.807, 2.05) is 37.3 Å². The zero-order valence-corrected chi connectivity index (χ0v) is 13.1. The summed E-state index contributed by atoms with van der Waals surface area (Å²) in [5, 5.41) is 0. The SMILES string of the molecule is CCN(C(=O)CCSc1ccccc1)c1ccc(F)c(F)c1. The molecule has 0 heterocycles. The minimum Gasteiger partial charge on any atom is -0.313 e. The maximum Gasteiger partial charge on any atom is 0.227 e. The van der Waals surface area contributed by atoms with Crippen molar-refractivity contribution in [2.75, 3.05) is 17.2 Å². The zero-order chi connectivity index (χ0) is 15.9. The summed E-state index contributed by atoms with van der Waals surface area (Å²) in [7, 11) is 0. The van der Waals surface area contributed by atoms with Crippen LogP contribution in [0.5, 0.6) is 0 Å². The van der Waals surface area contributed by atoms with Crippen LogP contribution >= 0.6 is 11.8 Å². The Balaban J connectivity index is 1.95. The van der Waals surface area contributed by atoms with E-state index in [9.17, 15) is 13.6 Å². The first-order chi connectivity index (χ1) is 10.6. The lowest BCUT2D eigenvalue weighted by Gasteiger charge is -2.21. The third-order valence-electron chi connectivity index (χ3n) is 3.16. The van der Waals surface area contributed by atoms with Gasteiger partial charge in [0.15, 0.2) is 11.6 Å². The van der Waals surface area contributed by atoms with Crippen molar-refractivity contribution >= 4 is 23.4 Å². The van der Waals surface area contributed by atoms with E-state index in [-0.39, 0.29) is 5.91 Å². The highest BCUT2D eigenvalue weighted by molar-refractivity contribution is 7.99. The van der Waals surface area contributed by atoms with Crippen molar-refractivity contribution in [1.82, 2.24) is 0 Å². The van der Waals surface area contributed by atoms with E-state index in [2.05, 4.69) is 0 Å². The van der Waals surface area contributed by atoms with E-state index in [4.69, 9.17) is 0 Å². The Morgan fingerprint density at radius 3 is 2.45 bits per heavy atom. The Morgan fingerprint density at radius 2 is 1.82 bits per heavy atom. The minimum atomic E-state index is -0.942. The number of nitrogens with zero attached hydrogens (tertiary/aromatic N) is 1. The van der Waals surface area contributed by atoms with Crippen LogP contribution in [0.3, 0.4) is 0 Å². The molecule has 2 aromatic rings. The van der Waals surface area contributed by atoms with E-state index < -0.39 is 11.6 Å². The van der Waals surface area contributed by atoms with Gasteiger partial charge in [0.2, 0.25) is 5.91 Å². The van der Waals surface area contributed by atoms with Gasteiger partial charge >= 0.3 is 0 Å². The summed E-state index contributed by atoms with van der Waals surface area (Å²) in [5.74, 6) is -1.31. The average Bonchev–Trinajstić information content (AvgIpc) is 2.52. The molecule has 1 amide bonds. The fourth-order valence-corrected chi connectivity index (χ4v) is 2.93. The molecule has 0 saturated carbocycles. The van der Waals surface area contributed by atoms with Gasteiger partial charge in [-0.2, -0.15) is 0 Å². The molecule has 5 heteroatoms. The monoisotopic (exact) mass is 321 g/mol. The van der Waals surface area contributed by atoms with Crippen LogP contribution in [0.4, 0.5) is 14.5 Å². The highest BCUT2D eigenvalue weighted by atomic mass is 32.2. The van der Waals surface area contributed by atoms with E-state index in [0.29, 0.717) is 24.4 Å². The van der Waals surface area contributed by atoms with Crippen LogP contribution in [0.2, 0.25) is 0 Å². The molecule has 2 aromatic carbocycles. The predicted molar refractivity (Wildman–Crippen MR) is 86.2 cm³/mol. The Labute approximate surface area is 133 Å². The lowest BCUT2D eigenvalue weighted by atomic mass is 10.2. The molecule has 0 spiro atoms. The largest absolute Gasteiger partial charge is 0.313 e. The summed E-state index contributed by atoms with van der Waals surface area (Å²) in [6.45, 7) is 2.23. The Kier molecular flexibility index (Phi) is 5.95. The Morgan fingerprint density at radius 1 is 1.09 bits per heavy atom. The number of anilines is 1. The van der Waals surface area contributed by atoms with Gasteiger partial charge in [-0.05, 0) is 31.2 Å². The summed E-state index contributed by atoms with van der Waals surface area (Å²) >= 11 is 1.60. The Bertz CT molecular complexity index is 634. The number of carbonyl (C=O) groups excluding carboxylic acids is 1. The molecule has 116 valence electrons. The van der Waals surface area contributed by atoms with Crippen LogP contribution in [0.1, 0.15) is 13.3 Å². The minimum absolute atomic E-state index is 0.100. The molecule has 0 atom stereocenters. The van der Waals surface area contributed by atoms with Gasteiger partial charge < -0.3 is 4.90 Å². The molecule has 0 bridgehead atoms. The quantitative estimate of drug-likeness (QED) is 0.730. The van der Waals surface area contributed by atoms with Gasteiger partial charge in [-0.3, -0.25) is 4.79 Å². The summed E-state index contributed by atoms with van der Waals surface area (Å²) in [6, 6.07) is 13.3. The van der Waals surface area contributed by atoms with E-state index in [0.717, 1.165) is 17.0 Å². The van der Waals surface area contributed by atoms with Crippen LogP contribution in [0.15, 0.2) is 53.4 Å². The van der Waals surface area contributed by atoms with Gasteiger partial charge in [-0.25, -0.2) is 8.78 Å². The first-order valence-electron chi connectivity index (χ1n) is 7.05. The Hall–Kier alpha value is -1.88. The van der Waals surface area contributed by atoms with Crippen molar-refractivity contribution in [2.24, 2.45) is 0 Å². The molecule has 2 rings (SSSR count). The van der Waals surface area contributed by atoms with Gasteiger partial charge in [0.05, 0.1) is 0 Å². The molecule has 0 unspecified atom stereocenters. The topological polar surface area (TPSA) is 20.3 Å². The average molecular weight is 321 g/mol. The zero-order valence-electron chi connectivity index (χ0n) is 12.3. The van der Waals surface area contributed by atoms with Gasteiger partial charge in [0.25, 0.3) is 0 Å². The summed E-state index contributed by atoms with van der Waals surface area (Å²) in [4.78, 5) is 14.8. The van der Waals surface area contributed by atoms with Crippen LogP contribution in [0.25, 0.3) is 0 Å². The fourth-order valence-electron chi connectivity index (χ4n) is 2.06. The summed E-state index contributed by atoms with van der Waals surface area (Å²) in [6.07, 6.45) is 0.340. The molecule has 0 saturated heterocycles. The third kappa shape index (κ3) is 4.31. The van der Waals surface area contributed by atoms with Crippen molar-refractivity contribution in [3.8, 4) is 0 Å². The van der Waals surface area contributed by atoms with Gasteiger partial charge in [0, 0.05) is 35.4 Å². The second-order valence-electron chi connectivity index (χ2n) is 4.65. The molecule has 0 aromatic heterocycles. The number of benzene rings is 2. The van der Waals surface area contributed by atoms with Crippen molar-refractivity contribution < 1.29 is 13.6 Å². The van der Waals surface area contributed by atoms with Crippen LogP contribution < -0.4 is 4.90 Å². The summed E-state index contributed by atoms with van der Waals surface area (Å²) < 4.78 is 26.3. The number of hydrogen-bond donors (Lipinski definition) is 0. The molecule has 0 aliphatic rings. The third-order valence-corrected chi connectivity index (χ3v) is 4.17. The number of hydrogen-bond acceptors (Lipinski definition) is 2. The highest BCUT2D eigenvalue weighted by Crippen LogP contribution is 2.21. The second-order valence-corrected chi connectivity index (χ2v) is 5.82. The molecule has 0 fully saturated rings. The maximum absolute atomic E-state index is 13.3. The first-order valence-corrected chi connectivity index (χ1v) is 8.03. The van der Waals surface area contributed by atoms with Gasteiger partial charge in [0.1, 0.15) is 0 Å². The normalized spacial score (nSPS) is 10.5. The molecular formula is C17H17F2NOS. The van der Waals surface area contributed by atoms with Gasteiger partial charge in [-0.15, -0.1) is 11.8 Å². The van der Waals surface area contributed by atoms with Crippen LogP contribution in [0, 0.1) is 11.6 Å². The van der Waals surface area contributed by atoms with Crippen molar-refractivity contribution in [3.05, 3.63) is 60.2 Å². The molecule has 2 nitrogen and oxygen atoms in total. The lowest BCUT2D eigenvalue weighted by Crippen LogP contribution is -2.30. The smallest absolute Gasteiger partial charge is 0.227 e. The van der Waals surface area contributed by atoms with Crippen molar-refractivity contribution in [3.63, 3.8) is 0 Å². The fraction of sp³-hybridized carbons (Fsp3) is 0.235. The summed E-state index contributed by atoms with van der Waals surface area (Å²) in [5.41, 5.74) is 0.385. The number of halogens is 2. The first kappa shape index (κ1) is 16.5. The molecule has 0 aliphatic heterocycles. The van der Waals surface area contributed by atoms with Crippen LogP contribution in [-0.2, 0) is 4.79 Å². The van der Waals surface area contributed by atoms with Crippen molar-refractivity contribution in [1.29, 1.82) is 0 Å². The highest BCUT2D eigenvalue weighted by Gasteiger charge is 2.15. The van der Waals surface area contributed by atoms with E-state index >= 15 is 0 Å². The molecule has 0 N–H and O–H groups in total. The second kappa shape index (κ2) is 7.94. The molecule has 0 radical (unpaired) electrons. The molecule has 22 heavy (non-hydrogen) atoms. The maximum atomic E-state index is 13.3. The number of carbonyl (C=O) groups is 1. The lowest BCUT2D eigenvalue weighted by molar-refractivity contribution is -0.118. The van der Waals surface area contributed by atoms with Crippen molar-refractivity contribution in [2.45, 2.75) is 18.2 Å². The number of rotatable bonds is 6. The van der Waals surface area contributed by atoms with Gasteiger partial charge in [-0.1, -0.05) is 18.2 Å². The molecular weight excluding hydrogens is 304 g/mol.